The zero-order valence-corrected chi connectivity index (χ0v) is 21.0. The lowest BCUT2D eigenvalue weighted by atomic mass is 9.75. The molecule has 0 aromatic heterocycles. The van der Waals surface area contributed by atoms with Crippen LogP contribution in [0, 0.1) is 5.41 Å². The van der Waals surface area contributed by atoms with Gasteiger partial charge in [0, 0.05) is 22.1 Å². The fourth-order valence-electron chi connectivity index (χ4n) is 4.72. The van der Waals surface area contributed by atoms with Crippen LogP contribution in [-0.2, 0) is 6.54 Å². The average molecular weight is 510 g/mol. The summed E-state index contributed by atoms with van der Waals surface area (Å²) in [7, 11) is 0. The molecule has 4 aromatic carbocycles. The SMILES string of the molecule is CC1(C)C(c2ccccc2)=NN(c2ccc(CNc3cccc(Br)c3)cc2)C1c1ccccc1. The van der Waals surface area contributed by atoms with E-state index in [1.807, 2.05) is 12.1 Å². The van der Waals surface area contributed by atoms with Gasteiger partial charge in [-0.05, 0) is 47.0 Å². The number of hydrogen-bond donors (Lipinski definition) is 1. The quantitative estimate of drug-likeness (QED) is 0.284. The molecule has 0 amide bonds. The normalized spacial score (nSPS) is 16.9. The van der Waals surface area contributed by atoms with Gasteiger partial charge in [-0.3, -0.25) is 5.01 Å². The zero-order chi connectivity index (χ0) is 23.5. The van der Waals surface area contributed by atoms with Crippen LogP contribution in [-0.4, -0.2) is 5.71 Å². The molecule has 1 atom stereocenters. The summed E-state index contributed by atoms with van der Waals surface area (Å²) in [5, 5.41) is 10.9. The Morgan fingerprint density at radius 1 is 0.824 bits per heavy atom. The van der Waals surface area contributed by atoms with Gasteiger partial charge in [0.15, 0.2) is 0 Å². The van der Waals surface area contributed by atoms with E-state index in [1.54, 1.807) is 0 Å². The molecule has 1 N–H and O–H groups in total. The van der Waals surface area contributed by atoms with E-state index in [0.29, 0.717) is 0 Å². The van der Waals surface area contributed by atoms with Crippen LogP contribution in [0.2, 0.25) is 0 Å². The number of nitrogens with one attached hydrogen (secondary N) is 1. The lowest BCUT2D eigenvalue weighted by molar-refractivity contribution is 0.425. The van der Waals surface area contributed by atoms with Gasteiger partial charge in [-0.2, -0.15) is 5.10 Å². The Morgan fingerprint density at radius 3 is 2.18 bits per heavy atom. The molecule has 5 rings (SSSR count). The maximum atomic E-state index is 5.20. The third-order valence-electron chi connectivity index (χ3n) is 6.43. The molecule has 1 heterocycles. The number of hydrazone groups is 1. The van der Waals surface area contributed by atoms with Crippen LogP contribution >= 0.6 is 15.9 Å². The number of benzene rings is 4. The monoisotopic (exact) mass is 509 g/mol. The third kappa shape index (κ3) is 4.51. The van der Waals surface area contributed by atoms with E-state index in [4.69, 9.17) is 5.10 Å². The Kier molecular flexibility index (Phi) is 6.25. The van der Waals surface area contributed by atoms with Crippen molar-refractivity contribution in [1.82, 2.24) is 0 Å². The fourth-order valence-corrected chi connectivity index (χ4v) is 5.12. The summed E-state index contributed by atoms with van der Waals surface area (Å²) in [5.41, 5.74) is 6.81. The summed E-state index contributed by atoms with van der Waals surface area (Å²) in [4.78, 5) is 0. The molecule has 1 unspecified atom stereocenters. The van der Waals surface area contributed by atoms with Crippen molar-refractivity contribution in [3.8, 4) is 0 Å². The van der Waals surface area contributed by atoms with Crippen molar-refractivity contribution in [2.45, 2.75) is 26.4 Å². The first-order valence-electron chi connectivity index (χ1n) is 11.6. The molecule has 0 saturated carbocycles. The molecule has 1 aliphatic rings. The van der Waals surface area contributed by atoms with Crippen LogP contribution in [0.25, 0.3) is 0 Å². The minimum atomic E-state index is -0.163. The predicted octanol–water partition coefficient (Wildman–Crippen LogP) is 8.05. The largest absolute Gasteiger partial charge is 0.381 e. The van der Waals surface area contributed by atoms with E-state index in [9.17, 15) is 0 Å². The molecule has 4 aromatic rings. The number of nitrogens with zero attached hydrogens (tertiary/aromatic N) is 2. The molecular formula is C30H28BrN3. The van der Waals surface area contributed by atoms with Crippen LogP contribution in [0.15, 0.2) is 119 Å². The summed E-state index contributed by atoms with van der Waals surface area (Å²) in [6, 6.07) is 38.3. The van der Waals surface area contributed by atoms with Gasteiger partial charge in [-0.25, -0.2) is 0 Å². The van der Waals surface area contributed by atoms with Crippen molar-refractivity contribution in [2.75, 3.05) is 10.3 Å². The van der Waals surface area contributed by atoms with Crippen molar-refractivity contribution in [3.63, 3.8) is 0 Å². The molecule has 1 aliphatic heterocycles. The maximum Gasteiger partial charge on any atom is 0.0882 e. The molecule has 0 aliphatic carbocycles. The van der Waals surface area contributed by atoms with E-state index in [0.717, 1.165) is 28.1 Å². The van der Waals surface area contributed by atoms with Gasteiger partial charge >= 0.3 is 0 Å². The highest BCUT2D eigenvalue weighted by Crippen LogP contribution is 2.48. The van der Waals surface area contributed by atoms with Crippen molar-refractivity contribution in [2.24, 2.45) is 10.5 Å². The van der Waals surface area contributed by atoms with E-state index in [1.165, 1.54) is 16.7 Å². The Balaban J connectivity index is 1.45. The van der Waals surface area contributed by atoms with Gasteiger partial charge in [-0.1, -0.05) is 109 Å². The van der Waals surface area contributed by atoms with Crippen molar-refractivity contribution in [3.05, 3.63) is 130 Å². The summed E-state index contributed by atoms with van der Waals surface area (Å²) in [5.74, 6) is 0. The highest BCUT2D eigenvalue weighted by atomic mass is 79.9. The van der Waals surface area contributed by atoms with Gasteiger partial charge in [0.2, 0.25) is 0 Å². The first-order valence-corrected chi connectivity index (χ1v) is 12.4. The molecule has 0 radical (unpaired) electrons. The zero-order valence-electron chi connectivity index (χ0n) is 19.4. The van der Waals surface area contributed by atoms with Crippen LogP contribution in [0.5, 0.6) is 0 Å². The van der Waals surface area contributed by atoms with Crippen LogP contribution in [0.4, 0.5) is 11.4 Å². The van der Waals surface area contributed by atoms with Gasteiger partial charge in [-0.15, -0.1) is 0 Å². The molecule has 0 saturated heterocycles. The van der Waals surface area contributed by atoms with E-state index >= 15 is 0 Å². The lowest BCUT2D eigenvalue weighted by Gasteiger charge is -2.33. The first kappa shape index (κ1) is 22.4. The van der Waals surface area contributed by atoms with Crippen LogP contribution in [0.1, 0.15) is 36.6 Å². The van der Waals surface area contributed by atoms with Crippen molar-refractivity contribution >= 4 is 33.0 Å². The summed E-state index contributed by atoms with van der Waals surface area (Å²) in [6.45, 7) is 5.36. The Bertz CT molecular complexity index is 1280. The molecule has 4 heteroatoms. The molecule has 0 spiro atoms. The number of hydrogen-bond acceptors (Lipinski definition) is 3. The van der Waals surface area contributed by atoms with Gasteiger partial charge in [0.1, 0.15) is 0 Å². The number of rotatable bonds is 6. The summed E-state index contributed by atoms with van der Waals surface area (Å²) in [6.07, 6.45) is 0. The predicted molar refractivity (Wildman–Crippen MR) is 146 cm³/mol. The molecule has 170 valence electrons. The van der Waals surface area contributed by atoms with Gasteiger partial charge in [0.25, 0.3) is 0 Å². The second-order valence-electron chi connectivity index (χ2n) is 9.22. The highest BCUT2D eigenvalue weighted by Gasteiger charge is 2.45. The second-order valence-corrected chi connectivity index (χ2v) is 10.1. The minimum Gasteiger partial charge on any atom is -0.381 e. The van der Waals surface area contributed by atoms with E-state index < -0.39 is 0 Å². The van der Waals surface area contributed by atoms with Gasteiger partial charge in [0.05, 0.1) is 17.4 Å². The van der Waals surface area contributed by atoms with Gasteiger partial charge < -0.3 is 5.32 Å². The Morgan fingerprint density at radius 2 is 1.50 bits per heavy atom. The first-order chi connectivity index (χ1) is 16.5. The minimum absolute atomic E-state index is 0.106. The number of halogens is 1. The summed E-state index contributed by atoms with van der Waals surface area (Å²) < 4.78 is 1.07. The summed E-state index contributed by atoms with van der Waals surface area (Å²) >= 11 is 3.53. The Hall–Kier alpha value is -3.37. The van der Waals surface area contributed by atoms with Crippen molar-refractivity contribution in [1.29, 1.82) is 0 Å². The highest BCUT2D eigenvalue weighted by molar-refractivity contribution is 9.10. The van der Waals surface area contributed by atoms with Crippen molar-refractivity contribution < 1.29 is 0 Å². The second kappa shape index (κ2) is 9.47. The maximum absolute atomic E-state index is 5.20. The van der Waals surface area contributed by atoms with E-state index in [-0.39, 0.29) is 11.5 Å². The fraction of sp³-hybridized carbons (Fsp3) is 0.167. The number of anilines is 2. The smallest absolute Gasteiger partial charge is 0.0882 e. The van der Waals surface area contributed by atoms with Crippen LogP contribution < -0.4 is 10.3 Å². The average Bonchev–Trinajstić information content (AvgIpc) is 3.15. The lowest BCUT2D eigenvalue weighted by Crippen LogP contribution is -2.32. The molecule has 34 heavy (non-hydrogen) atoms. The van der Waals surface area contributed by atoms with Crippen LogP contribution in [0.3, 0.4) is 0 Å². The topological polar surface area (TPSA) is 27.6 Å². The third-order valence-corrected chi connectivity index (χ3v) is 6.92. The Labute approximate surface area is 210 Å². The molecule has 3 nitrogen and oxygen atoms in total. The standard InChI is InChI=1S/C30H28BrN3/c1-30(2)28(23-10-5-3-6-11-23)33-34(29(30)24-12-7-4-8-13-24)27-18-16-22(17-19-27)21-32-26-15-9-14-25(31)20-26/h3-20,29,32H,21H2,1-2H3. The molecule has 0 bridgehead atoms. The molecule has 0 fully saturated rings. The molecular weight excluding hydrogens is 482 g/mol. The van der Waals surface area contributed by atoms with E-state index in [2.05, 4.69) is 137 Å².